The largest absolute Gasteiger partial charge is 0.480 e. The number of H-pyrrole nitrogens is 1. The van der Waals surface area contributed by atoms with Crippen LogP contribution in [0.5, 0.6) is 0 Å². The molecule has 0 saturated heterocycles. The number of thioether (sulfide) groups is 1. The summed E-state index contributed by atoms with van der Waals surface area (Å²) in [7, 11) is 0. The normalized spacial score (nSPS) is 14.6. The van der Waals surface area contributed by atoms with E-state index in [1.807, 2.05) is 6.26 Å². The predicted octanol–water partition coefficient (Wildman–Crippen LogP) is -0.643. The number of amides is 3. The second-order valence-corrected chi connectivity index (χ2v) is 9.63. The number of nitrogens with two attached hydrogens (primary N) is 2. The highest BCUT2D eigenvalue weighted by Gasteiger charge is 2.31. The lowest BCUT2D eigenvalue weighted by atomic mass is 10.0. The number of aliphatic carboxylic acids is 1. The molecule has 0 saturated carbocycles. The van der Waals surface area contributed by atoms with E-state index in [-0.39, 0.29) is 18.8 Å². The minimum atomic E-state index is -1.16. The summed E-state index contributed by atoms with van der Waals surface area (Å²) in [6.07, 6.45) is 6.88. The minimum absolute atomic E-state index is 0.105. The van der Waals surface area contributed by atoms with E-state index in [4.69, 9.17) is 11.5 Å². The molecule has 3 amide bonds. The fraction of sp³-hybridized carbons (Fsp3) is 0.682. The van der Waals surface area contributed by atoms with Crippen molar-refractivity contribution in [3.63, 3.8) is 0 Å². The Morgan fingerprint density at radius 1 is 1.06 bits per heavy atom. The molecule has 0 aromatic carbocycles. The van der Waals surface area contributed by atoms with Gasteiger partial charge in [0.05, 0.1) is 12.4 Å². The minimum Gasteiger partial charge on any atom is -0.480 e. The van der Waals surface area contributed by atoms with Gasteiger partial charge in [-0.25, -0.2) is 9.78 Å². The summed E-state index contributed by atoms with van der Waals surface area (Å²) in [6, 6.07) is -3.91. The number of aromatic amines is 1. The summed E-state index contributed by atoms with van der Waals surface area (Å²) in [4.78, 5) is 57.1. The molecule has 0 bridgehead atoms. The van der Waals surface area contributed by atoms with Crippen molar-refractivity contribution in [3.8, 4) is 0 Å². The standard InChI is InChI=1S/C22H39N7O5S/c1-13(2)18(22(33)34)29-20(31)16(6-4-5-8-23)27-21(32)17(10-14-11-25-12-26-14)28-19(30)15(24)7-9-35-3/h11-13,15-18H,4-10,23-24H2,1-3H3,(H,25,26)(H,27,32)(H,28,30)(H,29,31)(H,33,34). The van der Waals surface area contributed by atoms with Crippen LogP contribution in [0.25, 0.3) is 0 Å². The fourth-order valence-electron chi connectivity index (χ4n) is 3.28. The molecule has 1 rings (SSSR count). The maximum atomic E-state index is 13.2. The van der Waals surface area contributed by atoms with Crippen LogP contribution in [-0.4, -0.2) is 81.5 Å². The van der Waals surface area contributed by atoms with E-state index in [2.05, 4.69) is 25.9 Å². The Bertz CT molecular complexity index is 806. The molecular formula is C22H39N7O5S. The highest BCUT2D eigenvalue weighted by atomic mass is 32.2. The van der Waals surface area contributed by atoms with E-state index in [0.29, 0.717) is 37.3 Å². The third-order valence-electron chi connectivity index (χ3n) is 5.39. The van der Waals surface area contributed by atoms with Gasteiger partial charge in [0, 0.05) is 18.3 Å². The van der Waals surface area contributed by atoms with Gasteiger partial charge < -0.3 is 37.5 Å². The Hall–Kier alpha value is -2.64. The smallest absolute Gasteiger partial charge is 0.326 e. The first-order valence-corrected chi connectivity index (χ1v) is 13.1. The molecule has 1 aromatic rings. The van der Waals surface area contributed by atoms with Crippen LogP contribution in [-0.2, 0) is 25.6 Å². The van der Waals surface area contributed by atoms with E-state index in [9.17, 15) is 24.3 Å². The van der Waals surface area contributed by atoms with Gasteiger partial charge in [-0.15, -0.1) is 0 Å². The van der Waals surface area contributed by atoms with Crippen LogP contribution in [0.15, 0.2) is 12.5 Å². The SMILES string of the molecule is CSCCC(N)C(=O)NC(Cc1cnc[nH]1)C(=O)NC(CCCCN)C(=O)NC(C(=O)O)C(C)C. The lowest BCUT2D eigenvalue weighted by Crippen LogP contribution is -2.58. The molecule has 13 heteroatoms. The number of hydrogen-bond acceptors (Lipinski definition) is 8. The van der Waals surface area contributed by atoms with Crippen molar-refractivity contribution in [1.82, 2.24) is 25.9 Å². The first-order chi connectivity index (χ1) is 16.6. The van der Waals surface area contributed by atoms with Gasteiger partial charge in [-0.05, 0) is 50.2 Å². The van der Waals surface area contributed by atoms with Crippen molar-refractivity contribution in [2.75, 3.05) is 18.6 Å². The Balaban J connectivity index is 3.02. The Morgan fingerprint density at radius 2 is 1.71 bits per heavy atom. The molecule has 1 aromatic heterocycles. The van der Waals surface area contributed by atoms with Gasteiger partial charge in [-0.2, -0.15) is 11.8 Å². The van der Waals surface area contributed by atoms with E-state index in [1.54, 1.807) is 25.6 Å². The summed E-state index contributed by atoms with van der Waals surface area (Å²) >= 11 is 1.56. The van der Waals surface area contributed by atoms with Crippen molar-refractivity contribution in [2.45, 2.75) is 70.1 Å². The fourth-order valence-corrected chi connectivity index (χ4v) is 3.77. The van der Waals surface area contributed by atoms with Gasteiger partial charge in [0.2, 0.25) is 17.7 Å². The van der Waals surface area contributed by atoms with Crippen molar-refractivity contribution >= 4 is 35.5 Å². The Labute approximate surface area is 210 Å². The molecule has 0 aliphatic carbocycles. The number of unbranched alkanes of at least 4 members (excludes halogenated alkanes) is 1. The first kappa shape index (κ1) is 30.4. The molecule has 0 aliphatic rings. The maximum Gasteiger partial charge on any atom is 0.326 e. The third kappa shape index (κ3) is 11.1. The molecule has 12 nitrogen and oxygen atoms in total. The van der Waals surface area contributed by atoms with Crippen molar-refractivity contribution in [3.05, 3.63) is 18.2 Å². The van der Waals surface area contributed by atoms with Crippen LogP contribution >= 0.6 is 11.8 Å². The lowest BCUT2D eigenvalue weighted by molar-refractivity contribution is -0.143. The summed E-state index contributed by atoms with van der Waals surface area (Å²) in [5, 5.41) is 17.3. The zero-order valence-corrected chi connectivity index (χ0v) is 21.4. The Kier molecular flexibility index (Phi) is 14.0. The van der Waals surface area contributed by atoms with Gasteiger partial charge in [0.1, 0.15) is 18.1 Å². The highest BCUT2D eigenvalue weighted by Crippen LogP contribution is 2.08. The first-order valence-electron chi connectivity index (χ1n) is 11.7. The number of hydrogen-bond donors (Lipinski definition) is 7. The van der Waals surface area contributed by atoms with Gasteiger partial charge in [-0.1, -0.05) is 13.8 Å². The van der Waals surface area contributed by atoms with E-state index in [0.717, 1.165) is 0 Å². The molecule has 198 valence electrons. The quantitative estimate of drug-likeness (QED) is 0.132. The van der Waals surface area contributed by atoms with Crippen molar-refractivity contribution in [2.24, 2.45) is 17.4 Å². The predicted molar refractivity (Wildman–Crippen MR) is 134 cm³/mol. The number of carboxylic acid groups (broad SMARTS) is 1. The van der Waals surface area contributed by atoms with Crippen LogP contribution in [0.2, 0.25) is 0 Å². The van der Waals surface area contributed by atoms with Gasteiger partial charge in [0.25, 0.3) is 0 Å². The van der Waals surface area contributed by atoms with Crippen LogP contribution < -0.4 is 27.4 Å². The van der Waals surface area contributed by atoms with E-state index >= 15 is 0 Å². The number of carbonyl (C=O) groups excluding carboxylic acids is 3. The van der Waals surface area contributed by atoms with Crippen LogP contribution in [0.1, 0.15) is 45.2 Å². The summed E-state index contributed by atoms with van der Waals surface area (Å²) in [6.45, 7) is 3.77. The number of nitrogens with zero attached hydrogens (tertiary/aromatic N) is 1. The number of rotatable bonds is 17. The molecule has 35 heavy (non-hydrogen) atoms. The average molecular weight is 514 g/mol. The summed E-state index contributed by atoms with van der Waals surface area (Å²) < 4.78 is 0. The topological polar surface area (TPSA) is 205 Å². The zero-order chi connectivity index (χ0) is 26.4. The zero-order valence-electron chi connectivity index (χ0n) is 20.6. The van der Waals surface area contributed by atoms with E-state index in [1.165, 1.54) is 12.5 Å². The molecule has 0 aliphatic heterocycles. The van der Waals surface area contributed by atoms with Gasteiger partial charge >= 0.3 is 5.97 Å². The number of carbonyl (C=O) groups is 4. The molecule has 1 heterocycles. The van der Waals surface area contributed by atoms with Crippen LogP contribution in [0.4, 0.5) is 0 Å². The number of aromatic nitrogens is 2. The molecule has 9 N–H and O–H groups in total. The summed E-state index contributed by atoms with van der Waals surface area (Å²) in [5.74, 6) is -2.51. The number of imidazole rings is 1. The molecule has 0 radical (unpaired) electrons. The lowest BCUT2D eigenvalue weighted by Gasteiger charge is -2.26. The van der Waals surface area contributed by atoms with Crippen LogP contribution in [0, 0.1) is 5.92 Å². The third-order valence-corrected chi connectivity index (χ3v) is 6.04. The van der Waals surface area contributed by atoms with Gasteiger partial charge in [-0.3, -0.25) is 14.4 Å². The molecule has 4 unspecified atom stereocenters. The highest BCUT2D eigenvalue weighted by molar-refractivity contribution is 7.98. The van der Waals surface area contributed by atoms with Crippen LogP contribution in [0.3, 0.4) is 0 Å². The van der Waals surface area contributed by atoms with E-state index < -0.39 is 47.9 Å². The molecular weight excluding hydrogens is 474 g/mol. The Morgan fingerprint density at radius 3 is 2.26 bits per heavy atom. The number of nitrogens with one attached hydrogen (secondary N) is 4. The molecule has 4 atom stereocenters. The molecule has 0 spiro atoms. The average Bonchev–Trinajstić information content (AvgIpc) is 3.32. The molecule has 0 fully saturated rings. The van der Waals surface area contributed by atoms with Crippen molar-refractivity contribution < 1.29 is 24.3 Å². The number of carboxylic acids is 1. The second kappa shape index (κ2) is 16.1. The monoisotopic (exact) mass is 513 g/mol. The summed E-state index contributed by atoms with van der Waals surface area (Å²) in [5.41, 5.74) is 12.1. The van der Waals surface area contributed by atoms with Gasteiger partial charge in [0.15, 0.2) is 0 Å². The van der Waals surface area contributed by atoms with Crippen molar-refractivity contribution in [1.29, 1.82) is 0 Å². The maximum absolute atomic E-state index is 13.2. The second-order valence-electron chi connectivity index (χ2n) is 8.64.